The fraction of sp³-hybridized carbons (Fsp3) is 0.567. The van der Waals surface area contributed by atoms with E-state index in [4.69, 9.17) is 4.74 Å². The lowest BCUT2D eigenvalue weighted by atomic mass is 9.77. The second-order valence-electron chi connectivity index (χ2n) is 9.64. The zero-order valence-corrected chi connectivity index (χ0v) is 20.3. The number of rotatable bonds is 12. The van der Waals surface area contributed by atoms with Gasteiger partial charge in [0.2, 0.25) is 0 Å². The van der Waals surface area contributed by atoms with Crippen molar-refractivity contribution in [1.82, 2.24) is 0 Å². The first kappa shape index (κ1) is 24.6. The third-order valence-electron chi connectivity index (χ3n) is 7.10. The SMILES string of the molecule is CCCCCCC1CCC(c2ccc(-c3ccc(OC(=O)CCCCC)cc3)cc2)CC1. The Morgan fingerprint density at radius 3 is 1.97 bits per heavy atom. The molecule has 0 aromatic heterocycles. The van der Waals surface area contributed by atoms with Crippen LogP contribution in [-0.4, -0.2) is 5.97 Å². The van der Waals surface area contributed by atoms with Gasteiger partial charge in [-0.15, -0.1) is 0 Å². The maximum atomic E-state index is 11.9. The number of ether oxygens (including phenoxy) is 1. The number of benzene rings is 2. The van der Waals surface area contributed by atoms with Crippen molar-refractivity contribution < 1.29 is 9.53 Å². The van der Waals surface area contributed by atoms with Crippen molar-refractivity contribution in [2.24, 2.45) is 5.92 Å². The predicted molar refractivity (Wildman–Crippen MR) is 135 cm³/mol. The Labute approximate surface area is 195 Å². The Bertz CT molecular complexity index is 783. The molecule has 0 bridgehead atoms. The van der Waals surface area contributed by atoms with Crippen LogP contribution in [0.15, 0.2) is 48.5 Å². The number of hydrogen-bond acceptors (Lipinski definition) is 2. The normalized spacial score (nSPS) is 18.4. The lowest BCUT2D eigenvalue weighted by Gasteiger charge is -2.29. The molecule has 0 aliphatic heterocycles. The molecule has 1 fully saturated rings. The highest BCUT2D eigenvalue weighted by Gasteiger charge is 2.22. The fourth-order valence-corrected chi connectivity index (χ4v) is 5.01. The number of unbranched alkanes of at least 4 members (excludes halogenated alkanes) is 5. The van der Waals surface area contributed by atoms with Gasteiger partial charge in [-0.05, 0) is 72.8 Å². The van der Waals surface area contributed by atoms with Gasteiger partial charge in [-0.3, -0.25) is 4.79 Å². The Kier molecular flexibility index (Phi) is 10.3. The predicted octanol–water partition coefficient (Wildman–Crippen LogP) is 9.08. The molecule has 0 heterocycles. The van der Waals surface area contributed by atoms with E-state index in [9.17, 15) is 4.79 Å². The first-order valence-corrected chi connectivity index (χ1v) is 13.1. The third kappa shape index (κ3) is 7.80. The minimum Gasteiger partial charge on any atom is -0.427 e. The van der Waals surface area contributed by atoms with E-state index in [-0.39, 0.29) is 5.97 Å². The van der Waals surface area contributed by atoms with Crippen molar-refractivity contribution in [3.05, 3.63) is 54.1 Å². The first-order chi connectivity index (χ1) is 15.7. The van der Waals surface area contributed by atoms with Crippen molar-refractivity contribution in [2.75, 3.05) is 0 Å². The van der Waals surface area contributed by atoms with Crippen LogP contribution in [0.3, 0.4) is 0 Å². The van der Waals surface area contributed by atoms with Crippen LogP contribution in [0.2, 0.25) is 0 Å². The van der Waals surface area contributed by atoms with E-state index in [0.717, 1.165) is 36.7 Å². The van der Waals surface area contributed by atoms with Gasteiger partial charge in [0.25, 0.3) is 0 Å². The van der Waals surface area contributed by atoms with Gasteiger partial charge >= 0.3 is 5.97 Å². The minimum atomic E-state index is -0.133. The molecular formula is C30H42O2. The molecule has 174 valence electrons. The minimum absolute atomic E-state index is 0.133. The van der Waals surface area contributed by atoms with Gasteiger partial charge in [0.1, 0.15) is 5.75 Å². The molecule has 1 aliphatic rings. The van der Waals surface area contributed by atoms with E-state index >= 15 is 0 Å². The highest BCUT2D eigenvalue weighted by molar-refractivity contribution is 5.73. The molecule has 2 aromatic carbocycles. The quantitative estimate of drug-likeness (QED) is 0.189. The van der Waals surface area contributed by atoms with Crippen molar-refractivity contribution in [2.45, 2.75) is 103 Å². The molecule has 32 heavy (non-hydrogen) atoms. The Morgan fingerprint density at radius 2 is 1.34 bits per heavy atom. The van der Waals surface area contributed by atoms with Gasteiger partial charge in [0.15, 0.2) is 0 Å². The molecule has 3 rings (SSSR count). The van der Waals surface area contributed by atoms with E-state index in [1.807, 2.05) is 24.3 Å². The van der Waals surface area contributed by atoms with E-state index < -0.39 is 0 Å². The zero-order chi connectivity index (χ0) is 22.6. The number of carbonyl (C=O) groups is 1. The van der Waals surface area contributed by atoms with Crippen molar-refractivity contribution in [1.29, 1.82) is 0 Å². The molecule has 0 saturated heterocycles. The van der Waals surface area contributed by atoms with Crippen LogP contribution >= 0.6 is 0 Å². The fourth-order valence-electron chi connectivity index (χ4n) is 5.01. The topological polar surface area (TPSA) is 26.3 Å². The van der Waals surface area contributed by atoms with Gasteiger partial charge in [-0.1, -0.05) is 95.2 Å². The molecule has 0 atom stereocenters. The van der Waals surface area contributed by atoms with Crippen LogP contribution in [0, 0.1) is 5.92 Å². The molecule has 1 aliphatic carbocycles. The summed E-state index contributed by atoms with van der Waals surface area (Å²) in [4.78, 5) is 11.9. The van der Waals surface area contributed by atoms with Crippen LogP contribution < -0.4 is 4.74 Å². The van der Waals surface area contributed by atoms with Crippen LogP contribution in [0.25, 0.3) is 11.1 Å². The van der Waals surface area contributed by atoms with E-state index in [1.54, 1.807) is 0 Å². The monoisotopic (exact) mass is 434 g/mol. The second-order valence-corrected chi connectivity index (χ2v) is 9.64. The summed E-state index contributed by atoms with van der Waals surface area (Å²) in [5.74, 6) is 2.19. The molecule has 0 amide bonds. The summed E-state index contributed by atoms with van der Waals surface area (Å²) >= 11 is 0. The Morgan fingerprint density at radius 1 is 0.750 bits per heavy atom. The average Bonchev–Trinajstić information content (AvgIpc) is 2.83. The van der Waals surface area contributed by atoms with Crippen LogP contribution in [0.1, 0.15) is 109 Å². The summed E-state index contributed by atoms with van der Waals surface area (Å²) < 4.78 is 5.46. The summed E-state index contributed by atoms with van der Waals surface area (Å²) in [5.41, 5.74) is 3.88. The van der Waals surface area contributed by atoms with Gasteiger partial charge < -0.3 is 4.74 Å². The highest BCUT2D eigenvalue weighted by atomic mass is 16.5. The zero-order valence-electron chi connectivity index (χ0n) is 20.3. The summed E-state index contributed by atoms with van der Waals surface area (Å²) in [7, 11) is 0. The average molecular weight is 435 g/mol. The molecule has 2 aromatic rings. The number of esters is 1. The molecule has 2 nitrogen and oxygen atoms in total. The third-order valence-corrected chi connectivity index (χ3v) is 7.10. The second kappa shape index (κ2) is 13.5. The maximum Gasteiger partial charge on any atom is 0.311 e. The van der Waals surface area contributed by atoms with Crippen molar-refractivity contribution >= 4 is 5.97 Å². The summed E-state index contributed by atoms with van der Waals surface area (Å²) in [6.07, 6.45) is 16.1. The molecule has 0 unspecified atom stereocenters. The molecule has 2 heteroatoms. The molecule has 0 N–H and O–H groups in total. The molecular weight excluding hydrogens is 392 g/mol. The largest absolute Gasteiger partial charge is 0.427 e. The van der Waals surface area contributed by atoms with Crippen molar-refractivity contribution in [3.8, 4) is 16.9 Å². The Balaban J connectivity index is 1.47. The number of carbonyl (C=O) groups excluding carboxylic acids is 1. The van der Waals surface area contributed by atoms with Crippen LogP contribution in [0.4, 0.5) is 0 Å². The van der Waals surface area contributed by atoms with Crippen LogP contribution in [0.5, 0.6) is 5.75 Å². The lowest BCUT2D eigenvalue weighted by Crippen LogP contribution is -2.13. The summed E-state index contributed by atoms with van der Waals surface area (Å²) in [6, 6.07) is 17.1. The molecule has 1 saturated carbocycles. The van der Waals surface area contributed by atoms with E-state index in [0.29, 0.717) is 12.2 Å². The molecule has 0 radical (unpaired) electrons. The van der Waals surface area contributed by atoms with Gasteiger partial charge in [-0.25, -0.2) is 0 Å². The Hall–Kier alpha value is -2.09. The van der Waals surface area contributed by atoms with Gasteiger partial charge in [0, 0.05) is 6.42 Å². The van der Waals surface area contributed by atoms with Crippen molar-refractivity contribution in [3.63, 3.8) is 0 Å². The highest BCUT2D eigenvalue weighted by Crippen LogP contribution is 2.38. The maximum absolute atomic E-state index is 11.9. The summed E-state index contributed by atoms with van der Waals surface area (Å²) in [6.45, 7) is 4.43. The smallest absolute Gasteiger partial charge is 0.311 e. The van der Waals surface area contributed by atoms with Gasteiger partial charge in [0.05, 0.1) is 0 Å². The number of hydrogen-bond donors (Lipinski definition) is 0. The standard InChI is InChI=1S/C30H42O2/c1-3-5-7-9-10-24-12-14-25(15-13-24)26-16-18-27(19-17-26)28-20-22-29(23-21-28)32-30(31)11-8-6-4-2/h16-25H,3-15H2,1-2H3. The summed E-state index contributed by atoms with van der Waals surface area (Å²) in [5, 5.41) is 0. The van der Waals surface area contributed by atoms with E-state index in [2.05, 4.69) is 38.1 Å². The van der Waals surface area contributed by atoms with Crippen LogP contribution in [-0.2, 0) is 4.79 Å². The van der Waals surface area contributed by atoms with Gasteiger partial charge in [-0.2, -0.15) is 0 Å². The first-order valence-electron chi connectivity index (χ1n) is 13.1. The lowest BCUT2D eigenvalue weighted by molar-refractivity contribution is -0.134. The molecule has 0 spiro atoms. The van der Waals surface area contributed by atoms with E-state index in [1.165, 1.54) is 68.9 Å².